The quantitative estimate of drug-likeness (QED) is 0.652. The average molecular weight is 408 g/mol. The third-order valence-electron chi connectivity index (χ3n) is 4.88. The zero-order valence-corrected chi connectivity index (χ0v) is 16.6. The van der Waals surface area contributed by atoms with Gasteiger partial charge in [-0.15, -0.1) is 0 Å². The SMILES string of the molecule is CCc1cc(=O)oc2cc(OCC(=O)Nc3ccc4c(c3)N(C)C(=O)CO4)ccc12. The molecule has 2 amide bonds. The molecule has 8 nitrogen and oxygen atoms in total. The van der Waals surface area contributed by atoms with E-state index in [0.717, 1.165) is 10.9 Å². The molecular formula is C22H20N2O6. The standard InChI is InChI=1S/C22H20N2O6/c1-3-13-8-22(27)30-19-10-15(5-6-16(13)19)28-11-20(25)23-14-4-7-18-17(9-14)24(2)21(26)12-29-18/h4-10H,3,11-12H2,1-2H3,(H,23,25). The zero-order chi connectivity index (χ0) is 21.3. The Morgan fingerprint density at radius 3 is 2.80 bits per heavy atom. The number of likely N-dealkylation sites (N-methyl/N-ethyl adjacent to an activating group) is 1. The molecule has 2 heterocycles. The van der Waals surface area contributed by atoms with Crippen LogP contribution in [0.1, 0.15) is 12.5 Å². The van der Waals surface area contributed by atoms with E-state index in [1.165, 1.54) is 11.0 Å². The minimum Gasteiger partial charge on any atom is -0.484 e. The largest absolute Gasteiger partial charge is 0.484 e. The van der Waals surface area contributed by atoms with E-state index < -0.39 is 5.63 Å². The normalized spacial score (nSPS) is 13.0. The fourth-order valence-corrected chi connectivity index (χ4v) is 3.29. The number of aryl methyl sites for hydroxylation is 1. The van der Waals surface area contributed by atoms with Crippen LogP contribution < -0.4 is 25.3 Å². The molecule has 0 unspecified atom stereocenters. The molecule has 0 radical (unpaired) electrons. The van der Waals surface area contributed by atoms with Crippen molar-refractivity contribution in [1.29, 1.82) is 0 Å². The van der Waals surface area contributed by atoms with Crippen LogP contribution in [-0.2, 0) is 16.0 Å². The summed E-state index contributed by atoms with van der Waals surface area (Å²) >= 11 is 0. The van der Waals surface area contributed by atoms with E-state index in [2.05, 4.69) is 5.32 Å². The monoisotopic (exact) mass is 408 g/mol. The van der Waals surface area contributed by atoms with E-state index in [4.69, 9.17) is 13.9 Å². The second-order valence-corrected chi connectivity index (χ2v) is 6.86. The van der Waals surface area contributed by atoms with E-state index >= 15 is 0 Å². The van der Waals surface area contributed by atoms with Crippen molar-refractivity contribution < 1.29 is 23.5 Å². The number of carbonyl (C=O) groups is 2. The highest BCUT2D eigenvalue weighted by atomic mass is 16.5. The number of amides is 2. The molecule has 1 aromatic heterocycles. The van der Waals surface area contributed by atoms with E-state index in [9.17, 15) is 14.4 Å². The fraction of sp³-hybridized carbons (Fsp3) is 0.227. The summed E-state index contributed by atoms with van der Waals surface area (Å²) in [4.78, 5) is 37.2. The third-order valence-corrected chi connectivity index (χ3v) is 4.88. The molecule has 0 saturated carbocycles. The van der Waals surface area contributed by atoms with Gasteiger partial charge in [-0.1, -0.05) is 6.92 Å². The highest BCUT2D eigenvalue weighted by molar-refractivity contribution is 5.99. The van der Waals surface area contributed by atoms with E-state index in [-0.39, 0.29) is 25.0 Å². The van der Waals surface area contributed by atoms with Crippen LogP contribution in [0.4, 0.5) is 11.4 Å². The molecule has 8 heteroatoms. The van der Waals surface area contributed by atoms with E-state index in [0.29, 0.717) is 34.9 Å². The molecule has 0 fully saturated rings. The number of ether oxygens (including phenoxy) is 2. The lowest BCUT2D eigenvalue weighted by Crippen LogP contribution is -2.35. The number of fused-ring (bicyclic) bond motifs is 2. The van der Waals surface area contributed by atoms with Crippen molar-refractivity contribution in [3.05, 3.63) is 58.4 Å². The van der Waals surface area contributed by atoms with Gasteiger partial charge in [-0.25, -0.2) is 4.79 Å². The molecule has 0 bridgehead atoms. The van der Waals surface area contributed by atoms with Gasteiger partial charge >= 0.3 is 5.63 Å². The Balaban J connectivity index is 1.44. The molecule has 3 aromatic rings. The van der Waals surface area contributed by atoms with E-state index in [1.807, 2.05) is 6.92 Å². The number of anilines is 2. The summed E-state index contributed by atoms with van der Waals surface area (Å²) in [5.41, 5.74) is 1.99. The minimum atomic E-state index is -0.422. The lowest BCUT2D eigenvalue weighted by atomic mass is 10.1. The van der Waals surface area contributed by atoms with Crippen LogP contribution >= 0.6 is 0 Å². The van der Waals surface area contributed by atoms with Crippen LogP contribution in [0.5, 0.6) is 11.5 Å². The molecule has 1 N–H and O–H groups in total. The molecular weight excluding hydrogens is 388 g/mol. The molecule has 0 atom stereocenters. The average Bonchev–Trinajstić information content (AvgIpc) is 2.74. The number of hydrogen-bond acceptors (Lipinski definition) is 6. The first-order valence-electron chi connectivity index (χ1n) is 9.47. The summed E-state index contributed by atoms with van der Waals surface area (Å²) in [6.45, 7) is 1.73. The minimum absolute atomic E-state index is 0.00528. The summed E-state index contributed by atoms with van der Waals surface area (Å²) in [7, 11) is 1.65. The van der Waals surface area contributed by atoms with Crippen molar-refractivity contribution in [1.82, 2.24) is 0 Å². The Hall–Kier alpha value is -3.81. The van der Waals surface area contributed by atoms with Crippen molar-refractivity contribution in [3.8, 4) is 11.5 Å². The fourth-order valence-electron chi connectivity index (χ4n) is 3.29. The summed E-state index contributed by atoms with van der Waals surface area (Å²) in [5, 5.41) is 3.57. The molecule has 1 aliphatic rings. The van der Waals surface area contributed by atoms with Crippen LogP contribution in [0, 0.1) is 0 Å². The number of rotatable bonds is 5. The van der Waals surface area contributed by atoms with Gasteiger partial charge in [0, 0.05) is 30.3 Å². The molecule has 1 aliphatic heterocycles. The van der Waals surface area contributed by atoms with Crippen molar-refractivity contribution in [2.75, 3.05) is 30.5 Å². The number of carbonyl (C=O) groups excluding carboxylic acids is 2. The second kappa shape index (κ2) is 7.90. The maximum absolute atomic E-state index is 12.3. The van der Waals surface area contributed by atoms with Gasteiger partial charge < -0.3 is 24.1 Å². The lowest BCUT2D eigenvalue weighted by molar-refractivity contribution is -0.121. The van der Waals surface area contributed by atoms with E-state index in [1.54, 1.807) is 43.4 Å². The first kappa shape index (κ1) is 19.5. The van der Waals surface area contributed by atoms with Gasteiger partial charge in [0.05, 0.1) is 5.69 Å². The molecule has 30 heavy (non-hydrogen) atoms. The Bertz CT molecular complexity index is 1200. The second-order valence-electron chi connectivity index (χ2n) is 6.86. The first-order valence-corrected chi connectivity index (χ1v) is 9.47. The highest BCUT2D eigenvalue weighted by Gasteiger charge is 2.22. The first-order chi connectivity index (χ1) is 14.4. The Morgan fingerprint density at radius 1 is 1.17 bits per heavy atom. The lowest BCUT2D eigenvalue weighted by Gasteiger charge is -2.26. The number of nitrogens with zero attached hydrogens (tertiary/aromatic N) is 1. The third kappa shape index (κ3) is 3.84. The Morgan fingerprint density at radius 2 is 2.00 bits per heavy atom. The van der Waals surface area contributed by atoms with Gasteiger partial charge in [0.15, 0.2) is 13.2 Å². The van der Waals surface area contributed by atoms with Crippen LogP contribution in [0.15, 0.2) is 51.7 Å². The summed E-state index contributed by atoms with van der Waals surface area (Å²) < 4.78 is 16.2. The number of benzene rings is 2. The summed E-state index contributed by atoms with van der Waals surface area (Å²) in [6, 6.07) is 11.7. The number of hydrogen-bond donors (Lipinski definition) is 1. The van der Waals surface area contributed by atoms with Crippen LogP contribution in [0.3, 0.4) is 0 Å². The van der Waals surface area contributed by atoms with Gasteiger partial charge in [-0.3, -0.25) is 9.59 Å². The number of nitrogens with one attached hydrogen (secondary N) is 1. The maximum Gasteiger partial charge on any atom is 0.336 e. The van der Waals surface area contributed by atoms with Gasteiger partial charge in [0.2, 0.25) is 0 Å². The van der Waals surface area contributed by atoms with Crippen LogP contribution in [0.2, 0.25) is 0 Å². The maximum atomic E-state index is 12.3. The van der Waals surface area contributed by atoms with Crippen LogP contribution in [0.25, 0.3) is 11.0 Å². The van der Waals surface area contributed by atoms with Crippen molar-refractivity contribution >= 4 is 34.2 Å². The van der Waals surface area contributed by atoms with Crippen molar-refractivity contribution in [2.24, 2.45) is 0 Å². The topological polar surface area (TPSA) is 98.1 Å². The van der Waals surface area contributed by atoms with Gasteiger partial charge in [-0.2, -0.15) is 0 Å². The van der Waals surface area contributed by atoms with Gasteiger partial charge in [-0.05, 0) is 42.3 Å². The predicted molar refractivity (Wildman–Crippen MR) is 111 cm³/mol. The van der Waals surface area contributed by atoms with Crippen LogP contribution in [-0.4, -0.2) is 32.1 Å². The molecule has 2 aromatic carbocycles. The molecule has 4 rings (SSSR count). The van der Waals surface area contributed by atoms with Crippen molar-refractivity contribution in [2.45, 2.75) is 13.3 Å². The van der Waals surface area contributed by atoms with Crippen molar-refractivity contribution in [3.63, 3.8) is 0 Å². The Labute approximate surface area is 172 Å². The summed E-state index contributed by atoms with van der Waals surface area (Å²) in [5.74, 6) is 0.460. The van der Waals surface area contributed by atoms with Gasteiger partial charge in [0.1, 0.15) is 17.1 Å². The zero-order valence-electron chi connectivity index (χ0n) is 16.6. The predicted octanol–water partition coefficient (Wildman–Crippen LogP) is 2.73. The highest BCUT2D eigenvalue weighted by Crippen LogP contribution is 2.33. The Kier molecular flexibility index (Phi) is 5.14. The molecule has 0 spiro atoms. The summed E-state index contributed by atoms with van der Waals surface area (Å²) in [6.07, 6.45) is 0.706. The van der Waals surface area contributed by atoms with Gasteiger partial charge in [0.25, 0.3) is 11.8 Å². The smallest absolute Gasteiger partial charge is 0.336 e. The molecule has 0 saturated heterocycles. The molecule has 0 aliphatic carbocycles. The molecule has 154 valence electrons.